The maximum absolute atomic E-state index is 12.8. The molecule has 0 aliphatic carbocycles. The number of hydrogen-bond donors (Lipinski definition) is 1. The second kappa shape index (κ2) is 5.72. The summed E-state index contributed by atoms with van der Waals surface area (Å²) in [4.78, 5) is 18.9. The smallest absolute Gasteiger partial charge is 0.354 e. The van der Waals surface area contributed by atoms with Crippen LogP contribution in [0.1, 0.15) is 11.1 Å². The van der Waals surface area contributed by atoms with Gasteiger partial charge < -0.3 is 10.0 Å². The average molecular weight is 332 g/mol. The monoisotopic (exact) mass is 332 g/mol. The van der Waals surface area contributed by atoms with Gasteiger partial charge in [0.25, 0.3) is 0 Å². The molecule has 25 heavy (non-hydrogen) atoms. The molecule has 1 saturated heterocycles. The number of benzene rings is 2. The Kier molecular flexibility index (Phi) is 3.52. The highest BCUT2D eigenvalue weighted by Gasteiger charge is 2.28. The minimum atomic E-state index is -0.399. The van der Waals surface area contributed by atoms with Gasteiger partial charge in [-0.25, -0.2) is 4.79 Å². The SMILES string of the molecule is Cc1ccc2c(N3CC(O)C3)nc(=O)n(-c3cccc(C#N)c3)c2c1. The van der Waals surface area contributed by atoms with Crippen LogP contribution in [0.4, 0.5) is 5.82 Å². The summed E-state index contributed by atoms with van der Waals surface area (Å²) in [5, 5.41) is 19.6. The Hall–Kier alpha value is -3.17. The Bertz CT molecular complexity index is 1070. The summed E-state index contributed by atoms with van der Waals surface area (Å²) in [5.41, 5.74) is 2.47. The fourth-order valence-corrected chi connectivity index (χ4v) is 3.15. The second-order valence-corrected chi connectivity index (χ2v) is 6.29. The van der Waals surface area contributed by atoms with Crippen molar-refractivity contribution in [3.05, 3.63) is 64.1 Å². The summed E-state index contributed by atoms with van der Waals surface area (Å²) in [6, 6.07) is 14.9. The third-order valence-electron chi connectivity index (χ3n) is 4.42. The van der Waals surface area contributed by atoms with Gasteiger partial charge in [0.2, 0.25) is 0 Å². The average Bonchev–Trinajstić information content (AvgIpc) is 2.58. The molecule has 2 heterocycles. The van der Waals surface area contributed by atoms with Crippen LogP contribution in [0, 0.1) is 18.3 Å². The Balaban J connectivity index is 2.00. The topological polar surface area (TPSA) is 82.2 Å². The van der Waals surface area contributed by atoms with E-state index in [2.05, 4.69) is 11.1 Å². The van der Waals surface area contributed by atoms with E-state index >= 15 is 0 Å². The first-order chi connectivity index (χ1) is 12.1. The molecule has 1 aliphatic heterocycles. The van der Waals surface area contributed by atoms with Crippen LogP contribution in [0.5, 0.6) is 0 Å². The summed E-state index contributed by atoms with van der Waals surface area (Å²) in [5.74, 6) is 0.595. The van der Waals surface area contributed by atoms with E-state index < -0.39 is 5.69 Å². The van der Waals surface area contributed by atoms with Crippen molar-refractivity contribution in [3.63, 3.8) is 0 Å². The van der Waals surface area contributed by atoms with Gasteiger partial charge in [-0.05, 0) is 42.8 Å². The Morgan fingerprint density at radius 2 is 2.04 bits per heavy atom. The highest BCUT2D eigenvalue weighted by atomic mass is 16.3. The summed E-state index contributed by atoms with van der Waals surface area (Å²) < 4.78 is 1.53. The van der Waals surface area contributed by atoms with Gasteiger partial charge in [-0.3, -0.25) is 4.57 Å². The van der Waals surface area contributed by atoms with Crippen LogP contribution in [0.2, 0.25) is 0 Å². The first-order valence-electron chi connectivity index (χ1n) is 8.04. The molecule has 0 saturated carbocycles. The summed E-state index contributed by atoms with van der Waals surface area (Å²) >= 11 is 0. The first-order valence-corrected chi connectivity index (χ1v) is 8.04. The van der Waals surface area contributed by atoms with Crippen molar-refractivity contribution in [2.75, 3.05) is 18.0 Å². The number of aliphatic hydroxyl groups is 1. The zero-order valence-corrected chi connectivity index (χ0v) is 13.7. The van der Waals surface area contributed by atoms with Crippen LogP contribution >= 0.6 is 0 Å². The molecule has 0 bridgehead atoms. The molecule has 1 fully saturated rings. The third kappa shape index (κ3) is 2.55. The van der Waals surface area contributed by atoms with Gasteiger partial charge in [0, 0.05) is 18.5 Å². The van der Waals surface area contributed by atoms with Crippen LogP contribution in [-0.4, -0.2) is 33.9 Å². The lowest BCUT2D eigenvalue weighted by atomic mass is 10.1. The standard InChI is InChI=1S/C19H16N4O2/c1-12-5-6-16-17(7-12)23(14-4-2-3-13(8-14)9-20)19(25)21-18(16)22-10-15(24)11-22/h2-8,15,24H,10-11H2,1H3. The van der Waals surface area contributed by atoms with Crippen molar-refractivity contribution in [1.82, 2.24) is 9.55 Å². The van der Waals surface area contributed by atoms with Gasteiger partial charge >= 0.3 is 5.69 Å². The lowest BCUT2D eigenvalue weighted by Crippen LogP contribution is -2.51. The van der Waals surface area contributed by atoms with Gasteiger partial charge in [0.1, 0.15) is 5.82 Å². The normalized spacial score (nSPS) is 14.4. The number of aliphatic hydroxyl groups excluding tert-OH is 1. The van der Waals surface area contributed by atoms with Crippen molar-refractivity contribution in [2.24, 2.45) is 0 Å². The summed E-state index contributed by atoms with van der Waals surface area (Å²) in [7, 11) is 0. The lowest BCUT2D eigenvalue weighted by molar-refractivity contribution is 0.141. The zero-order chi connectivity index (χ0) is 17.6. The molecule has 0 unspecified atom stereocenters. The number of hydrogen-bond acceptors (Lipinski definition) is 5. The molecule has 0 radical (unpaired) electrons. The molecule has 2 aromatic carbocycles. The maximum atomic E-state index is 12.8. The van der Waals surface area contributed by atoms with Gasteiger partial charge in [-0.1, -0.05) is 12.1 Å². The van der Waals surface area contributed by atoms with Crippen LogP contribution in [0.25, 0.3) is 16.6 Å². The number of aromatic nitrogens is 2. The molecule has 4 rings (SSSR count). The fraction of sp³-hybridized carbons (Fsp3) is 0.211. The number of nitrogens with zero attached hydrogens (tertiary/aromatic N) is 4. The fourth-order valence-electron chi connectivity index (χ4n) is 3.15. The number of β-amino-alcohol motifs (C(OH)–C–C–N with tert-alkyl or cyclic N) is 1. The largest absolute Gasteiger partial charge is 0.389 e. The lowest BCUT2D eigenvalue weighted by Gasteiger charge is -2.37. The molecule has 124 valence electrons. The number of rotatable bonds is 2. The van der Waals surface area contributed by atoms with E-state index in [1.54, 1.807) is 24.3 Å². The van der Waals surface area contributed by atoms with E-state index in [-0.39, 0.29) is 6.10 Å². The highest BCUT2D eigenvalue weighted by molar-refractivity contribution is 5.91. The van der Waals surface area contributed by atoms with E-state index in [1.807, 2.05) is 30.0 Å². The molecule has 0 amide bonds. The van der Waals surface area contributed by atoms with E-state index in [0.29, 0.717) is 30.2 Å². The quantitative estimate of drug-likeness (QED) is 0.773. The van der Waals surface area contributed by atoms with Crippen molar-refractivity contribution in [2.45, 2.75) is 13.0 Å². The Morgan fingerprint density at radius 3 is 2.76 bits per heavy atom. The Morgan fingerprint density at radius 1 is 1.24 bits per heavy atom. The molecule has 0 atom stereocenters. The third-order valence-corrected chi connectivity index (χ3v) is 4.42. The number of anilines is 1. The van der Waals surface area contributed by atoms with Gasteiger partial charge in [0.15, 0.2) is 0 Å². The molecule has 3 aromatic rings. The number of nitriles is 1. The van der Waals surface area contributed by atoms with Crippen molar-refractivity contribution in [3.8, 4) is 11.8 Å². The molecule has 1 N–H and O–H groups in total. The minimum Gasteiger partial charge on any atom is -0.389 e. The van der Waals surface area contributed by atoms with Crippen molar-refractivity contribution in [1.29, 1.82) is 5.26 Å². The van der Waals surface area contributed by atoms with E-state index in [9.17, 15) is 9.90 Å². The van der Waals surface area contributed by atoms with E-state index in [0.717, 1.165) is 16.5 Å². The minimum absolute atomic E-state index is 0.378. The summed E-state index contributed by atoms with van der Waals surface area (Å²) in [6.07, 6.45) is -0.378. The van der Waals surface area contributed by atoms with Crippen LogP contribution in [0.15, 0.2) is 47.3 Å². The predicted octanol–water partition coefficient (Wildman–Crippen LogP) is 1.75. The van der Waals surface area contributed by atoms with Crippen molar-refractivity contribution >= 4 is 16.7 Å². The molecule has 6 nitrogen and oxygen atoms in total. The van der Waals surface area contributed by atoms with Crippen LogP contribution in [-0.2, 0) is 0 Å². The van der Waals surface area contributed by atoms with Crippen molar-refractivity contribution < 1.29 is 5.11 Å². The molecule has 0 spiro atoms. The van der Waals surface area contributed by atoms with Gasteiger partial charge in [-0.2, -0.15) is 10.2 Å². The van der Waals surface area contributed by atoms with Crippen LogP contribution < -0.4 is 10.6 Å². The summed E-state index contributed by atoms with van der Waals surface area (Å²) in [6.45, 7) is 2.92. The maximum Gasteiger partial charge on any atom is 0.354 e. The van der Waals surface area contributed by atoms with Crippen LogP contribution in [0.3, 0.4) is 0 Å². The first kappa shape index (κ1) is 15.4. The Labute approximate surface area is 144 Å². The molecule has 1 aliphatic rings. The predicted molar refractivity (Wildman–Crippen MR) is 95.0 cm³/mol. The van der Waals surface area contributed by atoms with E-state index in [4.69, 9.17) is 5.26 Å². The highest BCUT2D eigenvalue weighted by Crippen LogP contribution is 2.28. The van der Waals surface area contributed by atoms with E-state index in [1.165, 1.54) is 4.57 Å². The van der Waals surface area contributed by atoms with Gasteiger partial charge in [-0.15, -0.1) is 0 Å². The molecular formula is C19H16N4O2. The number of aryl methyl sites for hydroxylation is 1. The second-order valence-electron chi connectivity index (χ2n) is 6.29. The molecule has 6 heteroatoms. The zero-order valence-electron chi connectivity index (χ0n) is 13.7. The molecule has 1 aromatic heterocycles. The number of fused-ring (bicyclic) bond motifs is 1. The van der Waals surface area contributed by atoms with Gasteiger partial charge in [0.05, 0.1) is 28.9 Å². The molecular weight excluding hydrogens is 316 g/mol.